The standard InChI is InChI=1S/C12H25N3O2/c1-14(2)9-10-3-6-15(7-4-10)8-5-11(13)12(16)17/h10-11H,3-9,13H2,1-2H3,(H,16,17). The van der Waals surface area contributed by atoms with Crippen molar-refractivity contribution in [2.24, 2.45) is 11.7 Å². The summed E-state index contributed by atoms with van der Waals surface area (Å²) >= 11 is 0. The van der Waals surface area contributed by atoms with Crippen molar-refractivity contribution in [3.05, 3.63) is 0 Å². The summed E-state index contributed by atoms with van der Waals surface area (Å²) in [6, 6.07) is -0.713. The molecular formula is C12H25N3O2. The first kappa shape index (κ1) is 14.4. The van der Waals surface area contributed by atoms with Crippen molar-refractivity contribution in [2.45, 2.75) is 25.3 Å². The molecule has 0 bridgehead atoms. The summed E-state index contributed by atoms with van der Waals surface area (Å²) in [6.07, 6.45) is 2.97. The first-order valence-corrected chi connectivity index (χ1v) is 6.34. The van der Waals surface area contributed by atoms with Crippen molar-refractivity contribution in [2.75, 3.05) is 40.3 Å². The van der Waals surface area contributed by atoms with Gasteiger partial charge < -0.3 is 20.6 Å². The lowest BCUT2D eigenvalue weighted by Crippen LogP contribution is -2.40. The Morgan fingerprint density at radius 3 is 2.53 bits per heavy atom. The van der Waals surface area contributed by atoms with Crippen LogP contribution in [-0.2, 0) is 4.79 Å². The average Bonchev–Trinajstić information content (AvgIpc) is 2.26. The maximum atomic E-state index is 10.6. The number of carbonyl (C=O) groups is 1. The van der Waals surface area contributed by atoms with Crippen LogP contribution >= 0.6 is 0 Å². The maximum Gasteiger partial charge on any atom is 0.320 e. The molecule has 0 aromatic rings. The Bertz CT molecular complexity index is 238. The monoisotopic (exact) mass is 243 g/mol. The van der Waals surface area contributed by atoms with E-state index in [9.17, 15) is 4.79 Å². The van der Waals surface area contributed by atoms with E-state index in [0.29, 0.717) is 6.42 Å². The van der Waals surface area contributed by atoms with Crippen LogP contribution in [0.1, 0.15) is 19.3 Å². The molecule has 1 saturated heterocycles. The highest BCUT2D eigenvalue weighted by molar-refractivity contribution is 5.72. The molecule has 0 saturated carbocycles. The summed E-state index contributed by atoms with van der Waals surface area (Å²) in [6.45, 7) is 4.11. The quantitative estimate of drug-likeness (QED) is 0.690. The SMILES string of the molecule is CN(C)CC1CCN(CCC(N)C(=O)O)CC1. The minimum absolute atomic E-state index is 0.549. The minimum Gasteiger partial charge on any atom is -0.480 e. The molecule has 5 heteroatoms. The first-order chi connectivity index (χ1) is 7.99. The van der Waals surface area contributed by atoms with Crippen LogP contribution in [0, 0.1) is 5.92 Å². The third kappa shape index (κ3) is 5.48. The number of carboxylic acid groups (broad SMARTS) is 1. The number of nitrogens with two attached hydrogens (primary N) is 1. The van der Waals surface area contributed by atoms with Gasteiger partial charge in [-0.15, -0.1) is 0 Å². The number of piperidine rings is 1. The van der Waals surface area contributed by atoms with Crippen LogP contribution in [0.5, 0.6) is 0 Å². The molecule has 1 fully saturated rings. The van der Waals surface area contributed by atoms with E-state index in [2.05, 4.69) is 23.9 Å². The number of rotatable bonds is 6. The largest absolute Gasteiger partial charge is 0.480 e. The summed E-state index contributed by atoms with van der Waals surface area (Å²) in [4.78, 5) is 15.2. The molecule has 0 aliphatic carbocycles. The van der Waals surface area contributed by atoms with Crippen LogP contribution in [0.15, 0.2) is 0 Å². The van der Waals surface area contributed by atoms with Gasteiger partial charge in [0.1, 0.15) is 6.04 Å². The van der Waals surface area contributed by atoms with Gasteiger partial charge in [-0.05, 0) is 52.4 Å². The molecule has 0 aromatic heterocycles. The molecule has 0 radical (unpaired) electrons. The van der Waals surface area contributed by atoms with E-state index in [-0.39, 0.29) is 0 Å². The number of hydrogen-bond donors (Lipinski definition) is 2. The normalized spacial score (nSPS) is 20.7. The summed E-state index contributed by atoms with van der Waals surface area (Å²) in [5, 5.41) is 8.70. The second kappa shape index (κ2) is 6.93. The fraction of sp³-hybridized carbons (Fsp3) is 0.917. The van der Waals surface area contributed by atoms with Gasteiger partial charge >= 0.3 is 5.97 Å². The molecule has 17 heavy (non-hydrogen) atoms. The second-order valence-electron chi connectivity index (χ2n) is 5.28. The molecule has 1 rings (SSSR count). The smallest absolute Gasteiger partial charge is 0.320 e. The number of nitrogens with zero attached hydrogens (tertiary/aromatic N) is 2. The third-order valence-electron chi connectivity index (χ3n) is 3.40. The highest BCUT2D eigenvalue weighted by atomic mass is 16.4. The van der Waals surface area contributed by atoms with Gasteiger partial charge in [0.15, 0.2) is 0 Å². The van der Waals surface area contributed by atoms with Crippen molar-refractivity contribution >= 4 is 5.97 Å². The summed E-state index contributed by atoms with van der Waals surface area (Å²) in [5.41, 5.74) is 5.49. The molecule has 1 heterocycles. The third-order valence-corrected chi connectivity index (χ3v) is 3.40. The van der Waals surface area contributed by atoms with Crippen LogP contribution in [0.4, 0.5) is 0 Å². The molecule has 5 nitrogen and oxygen atoms in total. The topological polar surface area (TPSA) is 69.8 Å². The second-order valence-corrected chi connectivity index (χ2v) is 5.28. The predicted octanol–water partition coefficient (Wildman–Crippen LogP) is 0.0620. The molecule has 0 amide bonds. The molecule has 1 aliphatic rings. The highest BCUT2D eigenvalue weighted by Crippen LogP contribution is 2.17. The van der Waals surface area contributed by atoms with Gasteiger partial charge in [-0.1, -0.05) is 0 Å². The summed E-state index contributed by atoms with van der Waals surface area (Å²) < 4.78 is 0. The fourth-order valence-corrected chi connectivity index (χ4v) is 2.35. The molecule has 0 aromatic carbocycles. The molecule has 1 atom stereocenters. The lowest BCUT2D eigenvalue weighted by atomic mass is 9.96. The Labute approximate surface area is 104 Å². The van der Waals surface area contributed by atoms with E-state index in [1.54, 1.807) is 0 Å². The maximum absolute atomic E-state index is 10.6. The van der Waals surface area contributed by atoms with Gasteiger partial charge in [0.2, 0.25) is 0 Å². The van der Waals surface area contributed by atoms with E-state index >= 15 is 0 Å². The van der Waals surface area contributed by atoms with E-state index in [4.69, 9.17) is 10.8 Å². The highest BCUT2D eigenvalue weighted by Gasteiger charge is 2.20. The zero-order valence-corrected chi connectivity index (χ0v) is 10.9. The summed E-state index contributed by atoms with van der Waals surface area (Å²) in [7, 11) is 4.22. The van der Waals surface area contributed by atoms with Gasteiger partial charge in [-0.2, -0.15) is 0 Å². The predicted molar refractivity (Wildman–Crippen MR) is 67.9 cm³/mol. The zero-order chi connectivity index (χ0) is 12.8. The average molecular weight is 243 g/mol. The Morgan fingerprint density at radius 1 is 1.47 bits per heavy atom. The van der Waals surface area contributed by atoms with Crippen LogP contribution in [0.25, 0.3) is 0 Å². The number of aliphatic carboxylic acids is 1. The van der Waals surface area contributed by atoms with E-state index in [1.807, 2.05) is 0 Å². The Morgan fingerprint density at radius 2 is 2.06 bits per heavy atom. The van der Waals surface area contributed by atoms with Gasteiger partial charge in [-0.25, -0.2) is 0 Å². The van der Waals surface area contributed by atoms with Crippen LogP contribution < -0.4 is 5.73 Å². The van der Waals surface area contributed by atoms with Crippen LogP contribution in [0.2, 0.25) is 0 Å². The van der Waals surface area contributed by atoms with Gasteiger partial charge in [-0.3, -0.25) is 4.79 Å². The lowest BCUT2D eigenvalue weighted by Gasteiger charge is -2.33. The molecule has 0 spiro atoms. The van der Waals surface area contributed by atoms with E-state index in [1.165, 1.54) is 12.8 Å². The molecular weight excluding hydrogens is 218 g/mol. The fourth-order valence-electron chi connectivity index (χ4n) is 2.35. The number of likely N-dealkylation sites (tertiary alicyclic amines) is 1. The summed E-state index contributed by atoms with van der Waals surface area (Å²) in [5.74, 6) is -0.109. The van der Waals surface area contributed by atoms with Crippen LogP contribution in [-0.4, -0.2) is 67.2 Å². The number of carboxylic acids is 1. The molecule has 100 valence electrons. The zero-order valence-electron chi connectivity index (χ0n) is 10.9. The van der Waals surface area contributed by atoms with Crippen molar-refractivity contribution in [3.8, 4) is 0 Å². The van der Waals surface area contributed by atoms with Gasteiger partial charge in [0.25, 0.3) is 0 Å². The van der Waals surface area contributed by atoms with Crippen LogP contribution in [0.3, 0.4) is 0 Å². The Kier molecular flexibility index (Phi) is 5.88. The lowest BCUT2D eigenvalue weighted by molar-refractivity contribution is -0.138. The van der Waals surface area contributed by atoms with Crippen molar-refractivity contribution in [1.29, 1.82) is 0 Å². The van der Waals surface area contributed by atoms with Crippen molar-refractivity contribution < 1.29 is 9.90 Å². The van der Waals surface area contributed by atoms with E-state index in [0.717, 1.165) is 32.1 Å². The first-order valence-electron chi connectivity index (χ1n) is 6.34. The Hall–Kier alpha value is -0.650. The molecule has 1 unspecified atom stereocenters. The Balaban J connectivity index is 2.17. The van der Waals surface area contributed by atoms with Gasteiger partial charge in [0.05, 0.1) is 0 Å². The van der Waals surface area contributed by atoms with Gasteiger partial charge in [0, 0.05) is 13.1 Å². The number of hydrogen-bond acceptors (Lipinski definition) is 4. The van der Waals surface area contributed by atoms with Crippen molar-refractivity contribution in [1.82, 2.24) is 9.80 Å². The van der Waals surface area contributed by atoms with E-state index < -0.39 is 12.0 Å². The minimum atomic E-state index is -0.896. The molecule has 3 N–H and O–H groups in total. The van der Waals surface area contributed by atoms with Crippen molar-refractivity contribution in [3.63, 3.8) is 0 Å². The molecule has 1 aliphatic heterocycles.